The predicted molar refractivity (Wildman–Crippen MR) is 294 cm³/mol. The van der Waals surface area contributed by atoms with E-state index in [0.717, 1.165) is 47.1 Å². The molecule has 10 aromatic carbocycles. The van der Waals surface area contributed by atoms with Crippen molar-refractivity contribution in [3.05, 3.63) is 260 Å². The molecule has 328 valence electrons. The molecule has 0 aliphatic heterocycles. The Labute approximate surface area is 427 Å². The van der Waals surface area contributed by atoms with Crippen LogP contribution in [0.25, 0.3) is 94.1 Å². The highest BCUT2D eigenvalue weighted by molar-refractivity contribution is 7.20. The third-order valence-electron chi connectivity index (χ3n) is 13.3. The van der Waals surface area contributed by atoms with Crippen LogP contribution in [0.3, 0.4) is 0 Å². The second-order valence-electron chi connectivity index (χ2n) is 16.9. The fourth-order valence-electron chi connectivity index (χ4n) is 10.5. The number of rotatable bonds is 8. The number of hydrogen-bond acceptors (Lipinski definition) is 2. The van der Waals surface area contributed by atoms with Crippen molar-refractivity contribution in [2.75, 3.05) is 0 Å². The zero-order valence-corrected chi connectivity index (χ0v) is 37.8. The lowest BCUT2D eigenvalue weighted by molar-refractivity contribution is 0.951. The Morgan fingerprint density at radius 1 is 0.329 bits per heavy atom. The van der Waals surface area contributed by atoms with Gasteiger partial charge in [0.25, 0.3) is 0 Å². The van der Waals surface area contributed by atoms with E-state index in [-0.39, 0.29) is 55.1 Å². The van der Waals surface area contributed by atoms with E-state index in [1.807, 2.05) is 54.6 Å². The Kier molecular flexibility index (Phi) is 6.19. The van der Waals surface area contributed by atoms with E-state index in [4.69, 9.17) is 20.9 Å². The van der Waals surface area contributed by atoms with E-state index in [0.29, 0.717) is 11.3 Å². The number of nitrogens with zero attached hydrogens (tertiary/aromatic N) is 5. The first-order chi connectivity index (χ1) is 41.4. The molecule has 0 atom stereocenters. The average molecular weight is 926 g/mol. The fraction of sp³-hybridized carbons (Fsp3) is 0. The van der Waals surface area contributed by atoms with Gasteiger partial charge in [-0.05, 0) is 63.1 Å². The van der Waals surface area contributed by atoms with Crippen LogP contribution >= 0.6 is 0 Å². The number of aromatic nitrogens is 5. The number of hydrogen-bond donors (Lipinski definition) is 0. The largest absolute Gasteiger partial charge is 0.309 e. The first kappa shape index (κ1) is 27.0. The summed E-state index contributed by atoms with van der Waals surface area (Å²) in [7, 11) is -3.15. The van der Waals surface area contributed by atoms with E-state index < -0.39 is 111 Å². The third kappa shape index (κ3) is 5.97. The second kappa shape index (κ2) is 16.0. The maximum absolute atomic E-state index is 9.48. The Hall–Kier alpha value is -9.10. The zero-order chi connectivity index (χ0) is 60.1. The monoisotopic (exact) mass is 925 g/mol. The smallest absolute Gasteiger partial charge is 0.237 e. The van der Waals surface area contributed by atoms with Crippen molar-refractivity contribution >= 4 is 94.2 Å². The average Bonchev–Trinajstić information content (AvgIpc) is 1.79. The van der Waals surface area contributed by atoms with Crippen molar-refractivity contribution in [1.29, 1.82) is 0 Å². The molecule has 4 heterocycles. The SMILES string of the molecule is [2H]c1c([2H])c([2H])c2c(c1[2H])c1c([2H])c([2H])c([2H])c([2H])c1n2-c1cc(-c2ccccc2-n2c3ccccc3c3ccc([Si](c4ccccc4)(c4ccccc4)c4ccccc4)cc32)nc(-n2c3c([2H])c([2H])c([2H])c([2H])c3c3c([2H])c([2H])c([2H])c([2H])c32)n1. The molecule has 0 N–H and O–H groups in total. The molecule has 0 amide bonds. The van der Waals surface area contributed by atoms with Crippen LogP contribution in [-0.4, -0.2) is 31.7 Å². The molecule has 0 aliphatic rings. The molecule has 0 saturated heterocycles. The molecule has 0 radical (unpaired) electrons. The van der Waals surface area contributed by atoms with Crippen molar-refractivity contribution < 1.29 is 21.9 Å². The van der Waals surface area contributed by atoms with Crippen molar-refractivity contribution in [2.24, 2.45) is 0 Å². The Balaban J connectivity index is 1.15. The minimum absolute atomic E-state index is 0.0811. The summed E-state index contributed by atoms with van der Waals surface area (Å²) in [5.74, 6) is -0.659. The predicted octanol–water partition coefficient (Wildman–Crippen LogP) is 12.8. The quantitative estimate of drug-likeness (QED) is 0.113. The summed E-state index contributed by atoms with van der Waals surface area (Å²) in [4.78, 5) is 10.3. The molecule has 0 saturated carbocycles. The zero-order valence-electron chi connectivity index (χ0n) is 52.8. The first-order valence-electron chi connectivity index (χ1n) is 30.6. The molecule has 0 fully saturated rings. The molecular formula is C64H43N5Si. The van der Waals surface area contributed by atoms with Crippen LogP contribution in [0, 0.1) is 0 Å². The lowest BCUT2D eigenvalue weighted by Crippen LogP contribution is -2.74. The summed E-state index contributed by atoms with van der Waals surface area (Å²) in [6.07, 6.45) is 0. The maximum atomic E-state index is 9.48. The lowest BCUT2D eigenvalue weighted by atomic mass is 10.1. The van der Waals surface area contributed by atoms with Crippen LogP contribution in [-0.2, 0) is 0 Å². The molecule has 14 aromatic rings. The topological polar surface area (TPSA) is 40.6 Å². The van der Waals surface area contributed by atoms with Gasteiger partial charge in [-0.2, -0.15) is 4.98 Å². The molecule has 0 unspecified atom stereocenters. The Bertz CT molecular complexity index is 4830. The summed E-state index contributed by atoms with van der Waals surface area (Å²) in [5.41, 5.74) is 1.52. The second-order valence-corrected chi connectivity index (χ2v) is 20.7. The highest BCUT2D eigenvalue weighted by Crippen LogP contribution is 2.39. The van der Waals surface area contributed by atoms with Crippen LogP contribution in [0.5, 0.6) is 0 Å². The van der Waals surface area contributed by atoms with Gasteiger partial charge in [-0.1, -0.05) is 212 Å². The van der Waals surface area contributed by atoms with Gasteiger partial charge in [-0.3, -0.25) is 9.13 Å². The molecular weight excluding hydrogens is 867 g/mol. The van der Waals surface area contributed by atoms with Gasteiger partial charge in [-0.15, -0.1) is 0 Å². The summed E-state index contributed by atoms with van der Waals surface area (Å²) in [5, 5.41) is 5.39. The van der Waals surface area contributed by atoms with Crippen molar-refractivity contribution in [1.82, 2.24) is 23.7 Å². The number of para-hydroxylation sites is 6. The molecule has 0 aliphatic carbocycles. The fourth-order valence-corrected chi connectivity index (χ4v) is 15.2. The molecule has 0 bridgehead atoms. The molecule has 6 heteroatoms. The molecule has 70 heavy (non-hydrogen) atoms. The molecule has 4 aromatic heterocycles. The van der Waals surface area contributed by atoms with E-state index >= 15 is 0 Å². The summed E-state index contributed by atoms with van der Waals surface area (Å²) >= 11 is 0. The van der Waals surface area contributed by atoms with Crippen molar-refractivity contribution in [3.8, 4) is 28.7 Å². The van der Waals surface area contributed by atoms with Crippen LogP contribution in [0.2, 0.25) is 0 Å². The highest BCUT2D eigenvalue weighted by Gasteiger charge is 2.41. The minimum atomic E-state index is -3.15. The van der Waals surface area contributed by atoms with E-state index in [9.17, 15) is 11.0 Å². The first-order valence-corrected chi connectivity index (χ1v) is 24.6. The van der Waals surface area contributed by atoms with E-state index in [1.165, 1.54) is 10.6 Å². The third-order valence-corrected chi connectivity index (χ3v) is 18.1. The Morgan fingerprint density at radius 3 is 1.34 bits per heavy atom. The van der Waals surface area contributed by atoms with Gasteiger partial charge in [0.05, 0.1) is 66.4 Å². The minimum Gasteiger partial charge on any atom is -0.309 e. The van der Waals surface area contributed by atoms with Crippen LogP contribution in [0.15, 0.2) is 260 Å². The molecule has 5 nitrogen and oxygen atoms in total. The van der Waals surface area contributed by atoms with Gasteiger partial charge in [0, 0.05) is 43.9 Å². The van der Waals surface area contributed by atoms with Gasteiger partial charge in [0.15, 0.2) is 8.07 Å². The molecule has 0 spiro atoms. The number of benzene rings is 10. The summed E-state index contributed by atoms with van der Waals surface area (Å²) in [6.45, 7) is 0. The van der Waals surface area contributed by atoms with Gasteiger partial charge >= 0.3 is 0 Å². The summed E-state index contributed by atoms with van der Waals surface area (Å²) in [6, 6.07) is 44.7. The van der Waals surface area contributed by atoms with Gasteiger partial charge in [0.2, 0.25) is 5.95 Å². The van der Waals surface area contributed by atoms with Gasteiger partial charge in [0.1, 0.15) is 5.82 Å². The van der Waals surface area contributed by atoms with E-state index in [1.54, 1.807) is 12.1 Å². The highest BCUT2D eigenvalue weighted by atomic mass is 28.3. The lowest BCUT2D eigenvalue weighted by Gasteiger charge is -2.34. The van der Waals surface area contributed by atoms with Crippen LogP contribution < -0.4 is 20.7 Å². The Morgan fingerprint density at radius 2 is 0.786 bits per heavy atom. The van der Waals surface area contributed by atoms with Crippen molar-refractivity contribution in [3.63, 3.8) is 0 Å². The molecule has 14 rings (SSSR count). The maximum Gasteiger partial charge on any atom is 0.237 e. The normalized spacial score (nSPS) is 15.2. The van der Waals surface area contributed by atoms with E-state index in [2.05, 4.69) is 95.6 Å². The summed E-state index contributed by atoms with van der Waals surface area (Å²) < 4.78 is 150. The number of fused-ring (bicyclic) bond motifs is 9. The van der Waals surface area contributed by atoms with Gasteiger partial charge in [-0.25, -0.2) is 4.98 Å². The van der Waals surface area contributed by atoms with Crippen molar-refractivity contribution in [2.45, 2.75) is 0 Å². The van der Waals surface area contributed by atoms with Crippen LogP contribution in [0.4, 0.5) is 0 Å². The van der Waals surface area contributed by atoms with Gasteiger partial charge < -0.3 is 4.57 Å². The standard InChI is InChI=1S/C64H43N5Si/c1-4-22-44(23-5-1)70(45-24-6-2-7-25-45,46-26-8-3-9-27-46)47-40-41-53-52-32-10-16-34-56(52)67(62(53)42-47)61-39-21-15-33-54(61)55-43-63(68-57-35-17-11-28-48(57)49-29-12-18-36-58(49)68)66-64(65-55)69-59-37-19-13-30-50(59)51-31-14-20-38-60(51)69/h1-43H/i11D,12D,13D,14D,17D,18D,19D,20D,28D,29D,30D,31D,35D,36D,37D,38D. The van der Waals surface area contributed by atoms with Crippen LogP contribution in [0.1, 0.15) is 21.9 Å².